The molecule has 0 unspecified atom stereocenters. The van der Waals surface area contributed by atoms with Crippen molar-refractivity contribution in [2.75, 3.05) is 0 Å². The summed E-state index contributed by atoms with van der Waals surface area (Å²) in [7, 11) is 0. The molecule has 2 heterocycles. The number of benzene rings is 10. The minimum atomic E-state index is -0.531. The molecule has 0 aliphatic rings. The van der Waals surface area contributed by atoms with Gasteiger partial charge in [0, 0.05) is 36.9 Å². The number of nitrogens with zero attached hydrogens (tertiary/aromatic N) is 3. The van der Waals surface area contributed by atoms with Crippen molar-refractivity contribution >= 4 is 63.8 Å². The van der Waals surface area contributed by atoms with Crippen LogP contribution in [0.5, 0.6) is 0 Å². The summed E-state index contributed by atoms with van der Waals surface area (Å²) in [6.45, 7) is 0. The van der Waals surface area contributed by atoms with Crippen molar-refractivity contribution in [3.8, 4) is 67.5 Å². The Kier molecular flexibility index (Phi) is 6.79. The fourth-order valence-corrected chi connectivity index (χ4v) is 9.61. The van der Waals surface area contributed by atoms with Crippen LogP contribution in [0.25, 0.3) is 120 Å². The van der Waals surface area contributed by atoms with E-state index >= 15 is 0 Å². The van der Waals surface area contributed by atoms with Crippen LogP contribution in [0.3, 0.4) is 0 Å². The highest BCUT2D eigenvalue weighted by Gasteiger charge is 2.17. The van der Waals surface area contributed by atoms with E-state index in [1.807, 2.05) is 78.1 Å². The minimum absolute atomic E-state index is 0.0489. The molecule has 0 atom stereocenters. The van der Waals surface area contributed by atoms with E-state index in [-0.39, 0.29) is 33.8 Å². The molecule has 0 radical (unpaired) electrons. The van der Waals surface area contributed by atoms with Gasteiger partial charge in [0.2, 0.25) is 0 Å². The van der Waals surface area contributed by atoms with Crippen LogP contribution in [0.1, 0.15) is 9.60 Å². The third-order valence-corrected chi connectivity index (χ3v) is 12.5. The average molecular weight is 801 g/mol. The van der Waals surface area contributed by atoms with Gasteiger partial charge in [0.1, 0.15) is 0 Å². The molecule has 4 heteroatoms. The Morgan fingerprint density at radius 2 is 0.902 bits per heavy atom. The second kappa shape index (κ2) is 14.5. The Morgan fingerprint density at radius 3 is 1.77 bits per heavy atom. The molecule has 0 N–H and O–H groups in total. The fraction of sp³-hybridized carbons (Fsp3) is 0. The number of rotatable bonds is 6. The molecule has 0 amide bonds. The molecule has 0 spiro atoms. The monoisotopic (exact) mass is 800 g/mol. The summed E-state index contributed by atoms with van der Waals surface area (Å²) in [4.78, 5) is 14.9. The molecule has 2 aromatic heterocycles. The number of fused-ring (bicyclic) bond motifs is 6. The van der Waals surface area contributed by atoms with E-state index in [1.54, 1.807) is 0 Å². The van der Waals surface area contributed by atoms with Crippen molar-refractivity contribution in [1.82, 2.24) is 15.0 Å². The zero-order chi connectivity index (χ0) is 46.4. The number of aromatic nitrogens is 3. The van der Waals surface area contributed by atoms with E-state index < -0.39 is 42.3 Å². The predicted molar refractivity (Wildman–Crippen MR) is 258 cm³/mol. The zero-order valence-corrected chi connectivity index (χ0v) is 33.2. The van der Waals surface area contributed by atoms with Gasteiger partial charge >= 0.3 is 0 Å². The Hall–Kier alpha value is -7.79. The summed E-state index contributed by atoms with van der Waals surface area (Å²) in [5.41, 5.74) is 7.42. The topological polar surface area (TPSA) is 38.7 Å². The molecule has 0 saturated carbocycles. The molecular formula is C57H35N3S. The molecule has 0 aliphatic heterocycles. The van der Waals surface area contributed by atoms with Crippen LogP contribution in [0.15, 0.2) is 212 Å². The molecule has 0 aliphatic carbocycles. The van der Waals surface area contributed by atoms with Crippen LogP contribution in [0, 0.1) is 0 Å². The molecule has 12 aromatic rings. The smallest absolute Gasteiger partial charge is 0.164 e. The van der Waals surface area contributed by atoms with Gasteiger partial charge in [0.15, 0.2) is 17.5 Å². The SMILES string of the molecule is [2H]c1c([2H])c([2H])c2c(-c3nc(-c4cccc(-c5ccc6cc(-c7cccc8sc9ccccc9c78)ccc6c5)c4)nc(-c4cccc(-c5cccc6ccccc56)c4)n3)c([2H])c([2H])c([2H])c2c1[2H]. The first kappa shape index (κ1) is 28.6. The predicted octanol–water partition coefficient (Wildman–Crippen LogP) is 15.7. The van der Waals surface area contributed by atoms with E-state index in [0.717, 1.165) is 49.4 Å². The van der Waals surface area contributed by atoms with Gasteiger partial charge in [-0.25, -0.2) is 15.0 Å². The van der Waals surface area contributed by atoms with Gasteiger partial charge in [0.25, 0.3) is 0 Å². The molecule has 61 heavy (non-hydrogen) atoms. The van der Waals surface area contributed by atoms with Crippen LogP contribution < -0.4 is 0 Å². The van der Waals surface area contributed by atoms with Crippen molar-refractivity contribution in [2.24, 2.45) is 0 Å². The lowest BCUT2D eigenvalue weighted by atomic mass is 9.95. The van der Waals surface area contributed by atoms with Crippen LogP contribution in [-0.4, -0.2) is 15.0 Å². The van der Waals surface area contributed by atoms with Gasteiger partial charge in [-0.2, -0.15) is 0 Å². The summed E-state index contributed by atoms with van der Waals surface area (Å²) in [5.74, 6) is 0.477. The molecule has 3 nitrogen and oxygen atoms in total. The average Bonchev–Trinajstić information content (AvgIpc) is 3.77. The van der Waals surface area contributed by atoms with Gasteiger partial charge in [-0.15, -0.1) is 11.3 Å². The van der Waals surface area contributed by atoms with Crippen molar-refractivity contribution in [1.29, 1.82) is 0 Å². The van der Waals surface area contributed by atoms with E-state index in [0.29, 0.717) is 11.1 Å². The van der Waals surface area contributed by atoms with E-state index in [2.05, 4.69) is 103 Å². The van der Waals surface area contributed by atoms with Crippen molar-refractivity contribution in [3.63, 3.8) is 0 Å². The quantitative estimate of drug-likeness (QED) is 0.168. The molecule has 284 valence electrons. The Morgan fingerprint density at radius 1 is 0.328 bits per heavy atom. The summed E-state index contributed by atoms with van der Waals surface area (Å²) in [6, 6.07) is 54.8. The lowest BCUT2D eigenvalue weighted by molar-refractivity contribution is 1.08. The number of hydrogen-bond donors (Lipinski definition) is 0. The lowest BCUT2D eigenvalue weighted by Gasteiger charge is -2.12. The van der Waals surface area contributed by atoms with E-state index in [4.69, 9.17) is 23.2 Å². The standard InChI is InChI=1S/C57H35N3S/c1-3-20-46-36(12-1)14-9-23-48(46)42-17-8-19-45(35-42)56-58-55(59-57(60-56)50-25-10-15-37-13-2-4-21-47(37)50)44-18-7-16-38(34-44)39-28-29-41-33-43(31-30-40(41)32-39)49-24-11-27-53-54(49)51-22-5-6-26-52(51)61-53/h1-35H/i2D,4D,10D,13D,15D,21D,25D. The summed E-state index contributed by atoms with van der Waals surface area (Å²) in [5, 5.41) is 6.64. The first-order valence-electron chi connectivity index (χ1n) is 23.5. The molecule has 10 aromatic carbocycles. The summed E-state index contributed by atoms with van der Waals surface area (Å²) in [6.07, 6.45) is 0. The van der Waals surface area contributed by atoms with E-state index in [1.165, 1.54) is 25.7 Å². The van der Waals surface area contributed by atoms with Crippen LogP contribution in [0.2, 0.25) is 0 Å². The number of hydrogen-bond acceptors (Lipinski definition) is 4. The summed E-state index contributed by atoms with van der Waals surface area (Å²) < 4.78 is 64.0. The fourth-order valence-electron chi connectivity index (χ4n) is 8.47. The minimum Gasteiger partial charge on any atom is -0.208 e. The highest BCUT2D eigenvalue weighted by molar-refractivity contribution is 7.25. The van der Waals surface area contributed by atoms with Crippen molar-refractivity contribution in [3.05, 3.63) is 212 Å². The van der Waals surface area contributed by atoms with Gasteiger partial charge in [-0.05, 0) is 102 Å². The van der Waals surface area contributed by atoms with Gasteiger partial charge in [-0.3, -0.25) is 0 Å². The zero-order valence-electron chi connectivity index (χ0n) is 39.4. The summed E-state index contributed by atoms with van der Waals surface area (Å²) >= 11 is 1.81. The van der Waals surface area contributed by atoms with Crippen molar-refractivity contribution < 1.29 is 9.60 Å². The Bertz CT molecular complexity index is 4080. The largest absolute Gasteiger partial charge is 0.208 e. The number of thiophene rings is 1. The third-order valence-electron chi connectivity index (χ3n) is 11.4. The Balaban J connectivity index is 1.01. The van der Waals surface area contributed by atoms with Gasteiger partial charge in [-0.1, -0.05) is 176 Å². The third kappa shape index (κ3) is 6.24. The molecule has 12 rings (SSSR count). The van der Waals surface area contributed by atoms with E-state index in [9.17, 15) is 1.37 Å². The first-order chi connectivity index (χ1) is 33.1. The second-order valence-electron chi connectivity index (χ2n) is 15.0. The lowest BCUT2D eigenvalue weighted by Crippen LogP contribution is -2.01. The maximum absolute atomic E-state index is 9.19. The molecule has 0 fully saturated rings. The molecular weight excluding hydrogens is 759 g/mol. The van der Waals surface area contributed by atoms with Crippen LogP contribution in [0.4, 0.5) is 0 Å². The van der Waals surface area contributed by atoms with Gasteiger partial charge in [0.05, 0.1) is 9.60 Å². The molecule has 0 bridgehead atoms. The van der Waals surface area contributed by atoms with Crippen molar-refractivity contribution in [2.45, 2.75) is 0 Å². The highest BCUT2D eigenvalue weighted by Crippen LogP contribution is 2.41. The normalized spacial score (nSPS) is 13.2. The van der Waals surface area contributed by atoms with Crippen LogP contribution in [-0.2, 0) is 0 Å². The van der Waals surface area contributed by atoms with Gasteiger partial charge < -0.3 is 0 Å². The second-order valence-corrected chi connectivity index (χ2v) is 16.1. The first-order valence-corrected chi connectivity index (χ1v) is 20.8. The maximum atomic E-state index is 9.19. The molecule has 0 saturated heterocycles. The Labute approximate surface area is 366 Å². The maximum Gasteiger partial charge on any atom is 0.164 e. The van der Waals surface area contributed by atoms with Crippen LogP contribution >= 0.6 is 11.3 Å². The highest BCUT2D eigenvalue weighted by atomic mass is 32.1.